The van der Waals surface area contributed by atoms with Gasteiger partial charge in [-0.05, 0) is 43.1 Å². The topological polar surface area (TPSA) is 58.4 Å². The van der Waals surface area contributed by atoms with Crippen molar-refractivity contribution in [3.05, 3.63) is 29.3 Å². The first-order chi connectivity index (χ1) is 8.79. The lowest BCUT2D eigenvalue weighted by Crippen LogP contribution is -2.44. The highest BCUT2D eigenvalue weighted by molar-refractivity contribution is 6.02. The van der Waals surface area contributed by atoms with Crippen molar-refractivity contribution < 1.29 is 4.79 Å². The maximum absolute atomic E-state index is 12.2. The number of hydrogen-bond acceptors (Lipinski definition) is 3. The Morgan fingerprint density at radius 2 is 2.11 bits per heavy atom. The third-order valence-corrected chi connectivity index (χ3v) is 3.92. The maximum Gasteiger partial charge on any atom is 0.231 e. The lowest BCUT2D eigenvalue weighted by atomic mass is 10.0. The summed E-state index contributed by atoms with van der Waals surface area (Å²) < 4.78 is 0. The van der Waals surface area contributed by atoms with Gasteiger partial charge in [-0.15, -0.1) is 0 Å². The zero-order chi connectivity index (χ0) is 12.5. The predicted octanol–water partition coefficient (Wildman–Crippen LogP) is 0.786. The minimum atomic E-state index is 0.242. The second kappa shape index (κ2) is 4.71. The monoisotopic (exact) mass is 245 g/mol. The first-order valence-electron chi connectivity index (χ1n) is 6.64. The van der Waals surface area contributed by atoms with Crippen molar-refractivity contribution in [1.82, 2.24) is 5.32 Å². The standard InChI is InChI=1S/C14H19N3O/c15-9-10-1-2-13-11(7-10)8-14(18)17(13)12-3-5-16-6-4-12/h1-2,7,12,16H,3-6,8-9,15H2. The van der Waals surface area contributed by atoms with Crippen LogP contribution in [0.4, 0.5) is 5.69 Å². The average molecular weight is 245 g/mol. The van der Waals surface area contributed by atoms with E-state index in [1.807, 2.05) is 11.0 Å². The summed E-state index contributed by atoms with van der Waals surface area (Å²) in [6.07, 6.45) is 2.63. The Morgan fingerprint density at radius 1 is 1.33 bits per heavy atom. The highest BCUT2D eigenvalue weighted by atomic mass is 16.2. The van der Waals surface area contributed by atoms with E-state index in [9.17, 15) is 4.79 Å². The summed E-state index contributed by atoms with van der Waals surface area (Å²) in [6.45, 7) is 2.55. The van der Waals surface area contributed by atoms with Crippen LogP contribution in [0.1, 0.15) is 24.0 Å². The molecule has 1 fully saturated rings. The lowest BCUT2D eigenvalue weighted by molar-refractivity contribution is -0.117. The molecule has 3 N–H and O–H groups in total. The Morgan fingerprint density at radius 3 is 2.83 bits per heavy atom. The van der Waals surface area contributed by atoms with Gasteiger partial charge in [-0.25, -0.2) is 0 Å². The summed E-state index contributed by atoms with van der Waals surface area (Å²) in [5.41, 5.74) is 9.00. The van der Waals surface area contributed by atoms with Gasteiger partial charge in [0.2, 0.25) is 5.91 Å². The second-order valence-corrected chi connectivity index (χ2v) is 5.09. The molecular weight excluding hydrogens is 226 g/mol. The molecule has 0 atom stereocenters. The van der Waals surface area contributed by atoms with Crippen molar-refractivity contribution in [3.8, 4) is 0 Å². The minimum Gasteiger partial charge on any atom is -0.326 e. The van der Waals surface area contributed by atoms with Gasteiger partial charge < -0.3 is 16.0 Å². The maximum atomic E-state index is 12.2. The summed E-state index contributed by atoms with van der Waals surface area (Å²) >= 11 is 0. The number of rotatable bonds is 2. The van der Waals surface area contributed by atoms with Gasteiger partial charge in [-0.1, -0.05) is 12.1 Å². The van der Waals surface area contributed by atoms with Crippen LogP contribution < -0.4 is 16.0 Å². The number of carbonyl (C=O) groups is 1. The summed E-state index contributed by atoms with van der Waals surface area (Å²) in [5.74, 6) is 0.242. The van der Waals surface area contributed by atoms with E-state index < -0.39 is 0 Å². The van der Waals surface area contributed by atoms with Crippen LogP contribution in [-0.4, -0.2) is 25.0 Å². The van der Waals surface area contributed by atoms with E-state index in [1.165, 1.54) is 0 Å². The third-order valence-electron chi connectivity index (χ3n) is 3.92. The zero-order valence-electron chi connectivity index (χ0n) is 10.5. The van der Waals surface area contributed by atoms with Gasteiger partial charge in [0, 0.05) is 18.3 Å². The van der Waals surface area contributed by atoms with Crippen LogP contribution in [0.15, 0.2) is 18.2 Å². The van der Waals surface area contributed by atoms with E-state index in [1.54, 1.807) is 0 Å². The van der Waals surface area contributed by atoms with Crippen molar-refractivity contribution in [3.63, 3.8) is 0 Å². The molecule has 18 heavy (non-hydrogen) atoms. The molecular formula is C14H19N3O. The molecule has 2 aliphatic rings. The predicted molar refractivity (Wildman–Crippen MR) is 71.4 cm³/mol. The Balaban J connectivity index is 1.91. The molecule has 0 aliphatic carbocycles. The van der Waals surface area contributed by atoms with Crippen LogP contribution in [0.25, 0.3) is 0 Å². The molecule has 1 amide bonds. The molecule has 1 aromatic carbocycles. The summed E-state index contributed by atoms with van der Waals surface area (Å²) in [5, 5.41) is 3.34. The highest BCUT2D eigenvalue weighted by Gasteiger charge is 2.33. The first kappa shape index (κ1) is 11.7. The van der Waals surface area contributed by atoms with Gasteiger partial charge in [0.25, 0.3) is 0 Å². The number of nitrogens with two attached hydrogens (primary N) is 1. The van der Waals surface area contributed by atoms with Crippen LogP contribution in [-0.2, 0) is 17.8 Å². The third kappa shape index (κ3) is 1.91. The largest absolute Gasteiger partial charge is 0.326 e. The van der Waals surface area contributed by atoms with Gasteiger partial charge in [0.1, 0.15) is 0 Å². The number of amides is 1. The molecule has 0 saturated carbocycles. The Kier molecular flexibility index (Phi) is 3.06. The quantitative estimate of drug-likeness (QED) is 0.810. The number of carbonyl (C=O) groups excluding carboxylic acids is 1. The molecule has 0 unspecified atom stereocenters. The van der Waals surface area contributed by atoms with Crippen LogP contribution in [0.3, 0.4) is 0 Å². The van der Waals surface area contributed by atoms with Crippen LogP contribution >= 0.6 is 0 Å². The van der Waals surface area contributed by atoms with Gasteiger partial charge in [0.15, 0.2) is 0 Å². The normalized spacial score (nSPS) is 20.3. The van der Waals surface area contributed by atoms with E-state index >= 15 is 0 Å². The summed E-state index contributed by atoms with van der Waals surface area (Å²) in [4.78, 5) is 14.2. The Bertz CT molecular complexity index is 466. The fourth-order valence-electron chi connectivity index (χ4n) is 2.99. The zero-order valence-corrected chi connectivity index (χ0v) is 10.5. The molecule has 0 radical (unpaired) electrons. The Hall–Kier alpha value is -1.39. The fourth-order valence-corrected chi connectivity index (χ4v) is 2.99. The fraction of sp³-hybridized carbons (Fsp3) is 0.500. The number of benzene rings is 1. The van der Waals surface area contributed by atoms with Crippen LogP contribution in [0, 0.1) is 0 Å². The van der Waals surface area contributed by atoms with Crippen LogP contribution in [0.5, 0.6) is 0 Å². The second-order valence-electron chi connectivity index (χ2n) is 5.09. The van der Waals surface area contributed by atoms with Gasteiger partial charge in [-0.3, -0.25) is 4.79 Å². The van der Waals surface area contributed by atoms with E-state index in [2.05, 4.69) is 17.4 Å². The Labute approximate surface area is 107 Å². The van der Waals surface area contributed by atoms with E-state index in [4.69, 9.17) is 5.73 Å². The summed E-state index contributed by atoms with van der Waals surface area (Å²) in [7, 11) is 0. The average Bonchev–Trinajstić information content (AvgIpc) is 2.74. The SMILES string of the molecule is NCc1ccc2c(c1)CC(=O)N2C1CCNCC1. The van der Waals surface area contributed by atoms with Gasteiger partial charge in [-0.2, -0.15) is 0 Å². The molecule has 96 valence electrons. The van der Waals surface area contributed by atoms with E-state index in [0.717, 1.165) is 42.7 Å². The van der Waals surface area contributed by atoms with Crippen molar-refractivity contribution in [2.45, 2.75) is 31.8 Å². The minimum absolute atomic E-state index is 0.242. The first-order valence-corrected chi connectivity index (χ1v) is 6.64. The number of nitrogens with one attached hydrogen (secondary N) is 1. The molecule has 1 saturated heterocycles. The van der Waals surface area contributed by atoms with Gasteiger partial charge in [0.05, 0.1) is 6.42 Å². The van der Waals surface area contributed by atoms with Gasteiger partial charge >= 0.3 is 0 Å². The van der Waals surface area contributed by atoms with E-state index in [0.29, 0.717) is 19.0 Å². The van der Waals surface area contributed by atoms with Crippen molar-refractivity contribution in [2.75, 3.05) is 18.0 Å². The molecule has 3 rings (SSSR count). The van der Waals surface area contributed by atoms with Crippen molar-refractivity contribution in [2.24, 2.45) is 5.73 Å². The molecule has 4 heteroatoms. The highest BCUT2D eigenvalue weighted by Crippen LogP contribution is 2.33. The molecule has 2 heterocycles. The molecule has 2 aliphatic heterocycles. The van der Waals surface area contributed by atoms with Crippen molar-refractivity contribution in [1.29, 1.82) is 0 Å². The van der Waals surface area contributed by atoms with Crippen molar-refractivity contribution >= 4 is 11.6 Å². The molecule has 0 spiro atoms. The smallest absolute Gasteiger partial charge is 0.231 e. The van der Waals surface area contributed by atoms with E-state index in [-0.39, 0.29) is 5.91 Å². The molecule has 1 aromatic rings. The molecule has 0 aromatic heterocycles. The molecule has 4 nitrogen and oxygen atoms in total. The lowest BCUT2D eigenvalue weighted by Gasteiger charge is -2.32. The number of fused-ring (bicyclic) bond motifs is 1. The molecule has 0 bridgehead atoms. The van der Waals surface area contributed by atoms with Crippen LogP contribution in [0.2, 0.25) is 0 Å². The number of anilines is 1. The number of nitrogens with zero attached hydrogens (tertiary/aromatic N) is 1. The summed E-state index contributed by atoms with van der Waals surface area (Å²) in [6, 6.07) is 6.54. The number of piperidine rings is 1. The number of hydrogen-bond donors (Lipinski definition) is 2.